The summed E-state index contributed by atoms with van der Waals surface area (Å²) in [4.78, 5) is 21.4. The molecule has 0 aromatic heterocycles. The molecular formula is C22H36O4. The van der Waals surface area contributed by atoms with E-state index in [1.54, 1.807) is 6.92 Å². The standard InChI is InChI=1S/2C11H18O2/c1-8(2)11(12)13-10-6-4-9(3)5-7-10;1-2-9-3-5-10(6-4-9)7-8-11(12)13/h9-10H,1,4-7H2,2-3H3;7-10H,2-6H2,1H3,(H,12,13). The van der Waals surface area contributed by atoms with Crippen molar-refractivity contribution in [3.05, 3.63) is 24.3 Å². The lowest BCUT2D eigenvalue weighted by atomic mass is 9.81. The van der Waals surface area contributed by atoms with Gasteiger partial charge in [0, 0.05) is 11.6 Å². The van der Waals surface area contributed by atoms with Crippen LogP contribution in [-0.2, 0) is 14.3 Å². The number of aliphatic carboxylic acids is 1. The predicted octanol–water partition coefficient (Wildman–Crippen LogP) is 5.53. The van der Waals surface area contributed by atoms with Crippen molar-refractivity contribution in [3.8, 4) is 0 Å². The van der Waals surface area contributed by atoms with Crippen molar-refractivity contribution in [2.75, 3.05) is 0 Å². The Morgan fingerprint density at radius 1 is 1.08 bits per heavy atom. The van der Waals surface area contributed by atoms with Crippen LogP contribution in [-0.4, -0.2) is 23.1 Å². The SMILES string of the molecule is C=C(C)C(=O)OC1CCC(C)CC1.CCC1CCC(C=CC(=O)O)CC1. The smallest absolute Gasteiger partial charge is 0.333 e. The molecule has 0 bridgehead atoms. The zero-order valence-electron chi connectivity index (χ0n) is 16.7. The number of allylic oxidation sites excluding steroid dienone is 1. The summed E-state index contributed by atoms with van der Waals surface area (Å²) in [6, 6.07) is 0. The van der Waals surface area contributed by atoms with Gasteiger partial charge in [-0.2, -0.15) is 0 Å². The first-order valence-electron chi connectivity index (χ1n) is 10.1. The second-order valence-corrected chi connectivity index (χ2v) is 7.95. The summed E-state index contributed by atoms with van der Waals surface area (Å²) in [5.74, 6) is 1.13. The molecular weight excluding hydrogens is 328 g/mol. The first-order valence-corrected chi connectivity index (χ1v) is 10.1. The molecule has 0 unspecified atom stereocenters. The van der Waals surface area contributed by atoms with Gasteiger partial charge in [0.25, 0.3) is 0 Å². The maximum absolute atomic E-state index is 11.2. The fourth-order valence-electron chi connectivity index (χ4n) is 3.61. The van der Waals surface area contributed by atoms with Crippen LogP contribution in [0.3, 0.4) is 0 Å². The zero-order chi connectivity index (χ0) is 19.5. The molecule has 2 rings (SSSR count). The third-order valence-corrected chi connectivity index (χ3v) is 5.56. The molecule has 0 aromatic rings. The Morgan fingerprint density at radius 2 is 1.65 bits per heavy atom. The van der Waals surface area contributed by atoms with Crippen molar-refractivity contribution in [3.63, 3.8) is 0 Å². The quantitative estimate of drug-likeness (QED) is 0.515. The van der Waals surface area contributed by atoms with Gasteiger partial charge in [0.2, 0.25) is 0 Å². The van der Waals surface area contributed by atoms with Crippen molar-refractivity contribution in [1.29, 1.82) is 0 Å². The summed E-state index contributed by atoms with van der Waals surface area (Å²) in [7, 11) is 0. The van der Waals surface area contributed by atoms with Crippen LogP contribution in [0.15, 0.2) is 24.3 Å². The van der Waals surface area contributed by atoms with Crippen LogP contribution in [0.1, 0.15) is 78.6 Å². The minimum Gasteiger partial charge on any atom is -0.478 e. The first kappa shape index (κ1) is 22.5. The second-order valence-electron chi connectivity index (χ2n) is 7.95. The van der Waals surface area contributed by atoms with Gasteiger partial charge in [-0.1, -0.05) is 32.9 Å². The van der Waals surface area contributed by atoms with E-state index < -0.39 is 5.97 Å². The summed E-state index contributed by atoms with van der Waals surface area (Å²) in [6.07, 6.45) is 13.8. The van der Waals surface area contributed by atoms with Crippen LogP contribution >= 0.6 is 0 Å². The number of hydrogen-bond donors (Lipinski definition) is 1. The highest BCUT2D eigenvalue weighted by Crippen LogP contribution is 2.31. The molecule has 148 valence electrons. The summed E-state index contributed by atoms with van der Waals surface area (Å²) >= 11 is 0. The number of hydrogen-bond acceptors (Lipinski definition) is 3. The molecule has 4 heteroatoms. The van der Waals surface area contributed by atoms with Crippen molar-refractivity contribution in [2.24, 2.45) is 17.8 Å². The minimum atomic E-state index is -0.822. The number of carbonyl (C=O) groups is 2. The molecule has 0 aliphatic heterocycles. The van der Waals surface area contributed by atoms with Crippen molar-refractivity contribution in [1.82, 2.24) is 0 Å². The van der Waals surface area contributed by atoms with E-state index in [0.29, 0.717) is 11.5 Å². The van der Waals surface area contributed by atoms with Crippen molar-refractivity contribution < 1.29 is 19.4 Å². The molecule has 4 nitrogen and oxygen atoms in total. The van der Waals surface area contributed by atoms with E-state index in [0.717, 1.165) is 24.7 Å². The van der Waals surface area contributed by atoms with Gasteiger partial charge in [0.15, 0.2) is 0 Å². The van der Waals surface area contributed by atoms with Gasteiger partial charge in [0.1, 0.15) is 6.10 Å². The molecule has 0 amide bonds. The van der Waals surface area contributed by atoms with Crippen molar-refractivity contribution in [2.45, 2.75) is 84.7 Å². The number of carbonyl (C=O) groups excluding carboxylic acids is 1. The summed E-state index contributed by atoms with van der Waals surface area (Å²) in [5, 5.41) is 8.46. The molecule has 0 saturated heterocycles. The van der Waals surface area contributed by atoms with Gasteiger partial charge in [-0.15, -0.1) is 0 Å². The number of ether oxygens (including phenoxy) is 1. The largest absolute Gasteiger partial charge is 0.478 e. The lowest BCUT2D eigenvalue weighted by molar-refractivity contribution is -0.146. The van der Waals surface area contributed by atoms with Gasteiger partial charge in [0.05, 0.1) is 0 Å². The Bertz CT molecular complexity index is 478. The Morgan fingerprint density at radius 3 is 2.12 bits per heavy atom. The normalized spacial score (nSPS) is 28.7. The average molecular weight is 365 g/mol. The molecule has 0 aromatic carbocycles. The van der Waals surface area contributed by atoms with Crippen LogP contribution in [0, 0.1) is 17.8 Å². The third-order valence-electron chi connectivity index (χ3n) is 5.56. The fraction of sp³-hybridized carbons (Fsp3) is 0.727. The second kappa shape index (κ2) is 11.9. The number of rotatable bonds is 5. The summed E-state index contributed by atoms with van der Waals surface area (Å²) in [6.45, 7) is 9.73. The highest BCUT2D eigenvalue weighted by Gasteiger charge is 2.21. The zero-order valence-corrected chi connectivity index (χ0v) is 16.7. The molecule has 26 heavy (non-hydrogen) atoms. The van der Waals surface area contributed by atoms with Crippen molar-refractivity contribution >= 4 is 11.9 Å². The van der Waals surface area contributed by atoms with Crippen LogP contribution in [0.5, 0.6) is 0 Å². The Labute approximate surface area is 158 Å². The molecule has 0 heterocycles. The summed E-state index contributed by atoms with van der Waals surface area (Å²) in [5.41, 5.74) is 0.499. The van der Waals surface area contributed by atoms with Gasteiger partial charge >= 0.3 is 11.9 Å². The van der Waals surface area contributed by atoms with E-state index in [1.165, 1.54) is 51.0 Å². The highest BCUT2D eigenvalue weighted by atomic mass is 16.5. The number of carboxylic acids is 1. The topological polar surface area (TPSA) is 63.6 Å². The molecule has 0 spiro atoms. The van der Waals surface area contributed by atoms with E-state index >= 15 is 0 Å². The Balaban J connectivity index is 0.000000260. The maximum atomic E-state index is 11.2. The lowest BCUT2D eigenvalue weighted by Gasteiger charge is -2.25. The van der Waals surface area contributed by atoms with Crippen LogP contribution < -0.4 is 0 Å². The molecule has 2 fully saturated rings. The monoisotopic (exact) mass is 364 g/mol. The summed E-state index contributed by atoms with van der Waals surface area (Å²) < 4.78 is 5.26. The highest BCUT2D eigenvalue weighted by molar-refractivity contribution is 5.87. The number of esters is 1. The van der Waals surface area contributed by atoms with Crippen LogP contribution in [0.4, 0.5) is 0 Å². The predicted molar refractivity (Wildman–Crippen MR) is 105 cm³/mol. The molecule has 2 aliphatic rings. The maximum Gasteiger partial charge on any atom is 0.333 e. The molecule has 1 N–H and O–H groups in total. The molecule has 2 saturated carbocycles. The molecule has 0 radical (unpaired) electrons. The Hall–Kier alpha value is -1.58. The fourth-order valence-corrected chi connectivity index (χ4v) is 3.61. The molecule has 2 aliphatic carbocycles. The van der Waals surface area contributed by atoms with Crippen LogP contribution in [0.25, 0.3) is 0 Å². The lowest BCUT2D eigenvalue weighted by Crippen LogP contribution is -2.23. The first-order chi connectivity index (χ1) is 12.3. The number of carboxylic acid groups (broad SMARTS) is 1. The van der Waals surface area contributed by atoms with Gasteiger partial charge in [-0.3, -0.25) is 0 Å². The van der Waals surface area contributed by atoms with Gasteiger partial charge in [-0.05, 0) is 76.0 Å². The molecule has 0 atom stereocenters. The van der Waals surface area contributed by atoms with E-state index in [2.05, 4.69) is 20.4 Å². The van der Waals surface area contributed by atoms with E-state index in [4.69, 9.17) is 9.84 Å². The van der Waals surface area contributed by atoms with E-state index in [1.807, 2.05) is 6.08 Å². The van der Waals surface area contributed by atoms with E-state index in [9.17, 15) is 9.59 Å². The van der Waals surface area contributed by atoms with Crippen LogP contribution in [0.2, 0.25) is 0 Å². The Kier molecular flexibility index (Phi) is 10.3. The van der Waals surface area contributed by atoms with Gasteiger partial charge in [-0.25, -0.2) is 9.59 Å². The third kappa shape index (κ3) is 9.21. The van der Waals surface area contributed by atoms with E-state index in [-0.39, 0.29) is 12.1 Å². The van der Waals surface area contributed by atoms with Gasteiger partial charge < -0.3 is 9.84 Å². The minimum absolute atomic E-state index is 0.139. The average Bonchev–Trinajstić information content (AvgIpc) is 2.62.